The third-order valence-electron chi connectivity index (χ3n) is 2.69. The molecule has 1 atom stereocenters. The topological polar surface area (TPSA) is 69.6 Å². The van der Waals surface area contributed by atoms with Crippen molar-refractivity contribution in [1.82, 2.24) is 10.2 Å². The standard InChI is InChI=1S/C12H21F3N2O3/c1-8(2)17(7-12(13,14)15)11(20)16-6-9(3)4-5-10(18)19/h8-9H,4-7H2,1-3H3,(H,16,20)(H,18,19). The van der Waals surface area contributed by atoms with Gasteiger partial charge in [0.25, 0.3) is 0 Å². The van der Waals surface area contributed by atoms with Gasteiger partial charge in [-0.05, 0) is 26.2 Å². The monoisotopic (exact) mass is 298 g/mol. The zero-order valence-corrected chi connectivity index (χ0v) is 11.8. The van der Waals surface area contributed by atoms with Gasteiger partial charge in [0.2, 0.25) is 0 Å². The van der Waals surface area contributed by atoms with Gasteiger partial charge in [-0.3, -0.25) is 4.79 Å². The summed E-state index contributed by atoms with van der Waals surface area (Å²) >= 11 is 0. The summed E-state index contributed by atoms with van der Waals surface area (Å²) < 4.78 is 37.0. The van der Waals surface area contributed by atoms with Crippen LogP contribution in [0.1, 0.15) is 33.6 Å². The Balaban J connectivity index is 4.30. The number of nitrogens with zero attached hydrogens (tertiary/aromatic N) is 1. The van der Waals surface area contributed by atoms with E-state index in [2.05, 4.69) is 5.32 Å². The molecule has 0 aliphatic carbocycles. The molecule has 118 valence electrons. The highest BCUT2D eigenvalue weighted by Crippen LogP contribution is 2.18. The number of urea groups is 1. The summed E-state index contributed by atoms with van der Waals surface area (Å²) in [5, 5.41) is 10.9. The molecule has 8 heteroatoms. The molecular weight excluding hydrogens is 277 g/mol. The lowest BCUT2D eigenvalue weighted by Gasteiger charge is -2.28. The number of amides is 2. The van der Waals surface area contributed by atoms with Crippen molar-refractivity contribution in [2.75, 3.05) is 13.1 Å². The van der Waals surface area contributed by atoms with Crippen LogP contribution in [0.5, 0.6) is 0 Å². The van der Waals surface area contributed by atoms with Gasteiger partial charge in [0.1, 0.15) is 6.54 Å². The first kappa shape index (κ1) is 18.5. The van der Waals surface area contributed by atoms with E-state index in [0.29, 0.717) is 11.3 Å². The van der Waals surface area contributed by atoms with E-state index in [9.17, 15) is 22.8 Å². The van der Waals surface area contributed by atoms with Crippen LogP contribution in [-0.4, -0.2) is 47.3 Å². The first-order chi connectivity index (χ1) is 9.03. The van der Waals surface area contributed by atoms with E-state index in [1.807, 2.05) is 0 Å². The Labute approximate surface area is 116 Å². The molecule has 20 heavy (non-hydrogen) atoms. The number of carbonyl (C=O) groups is 2. The molecule has 0 heterocycles. The molecule has 0 saturated heterocycles. The van der Waals surface area contributed by atoms with Crippen LogP contribution < -0.4 is 5.32 Å². The zero-order chi connectivity index (χ0) is 15.9. The summed E-state index contributed by atoms with van der Waals surface area (Å²) in [5.74, 6) is -1.06. The lowest BCUT2D eigenvalue weighted by atomic mass is 10.1. The summed E-state index contributed by atoms with van der Waals surface area (Å²) in [4.78, 5) is 22.8. The Hall–Kier alpha value is -1.47. The number of carboxylic acids is 1. The number of rotatable bonds is 7. The molecule has 0 fully saturated rings. The van der Waals surface area contributed by atoms with Crippen molar-refractivity contribution in [1.29, 1.82) is 0 Å². The van der Waals surface area contributed by atoms with Gasteiger partial charge in [-0.2, -0.15) is 13.2 Å². The molecule has 0 rings (SSSR count). The van der Waals surface area contributed by atoms with Gasteiger partial charge in [0.15, 0.2) is 0 Å². The van der Waals surface area contributed by atoms with Crippen LogP contribution in [0, 0.1) is 5.92 Å². The van der Waals surface area contributed by atoms with Crippen molar-refractivity contribution in [2.45, 2.75) is 45.8 Å². The molecule has 5 nitrogen and oxygen atoms in total. The number of hydrogen-bond donors (Lipinski definition) is 2. The van der Waals surface area contributed by atoms with Gasteiger partial charge in [0, 0.05) is 19.0 Å². The molecule has 0 bridgehead atoms. The van der Waals surface area contributed by atoms with E-state index in [-0.39, 0.29) is 18.9 Å². The minimum Gasteiger partial charge on any atom is -0.481 e. The SMILES string of the molecule is CC(CCC(=O)O)CNC(=O)N(CC(F)(F)F)C(C)C. The number of nitrogens with one attached hydrogen (secondary N) is 1. The molecule has 0 saturated carbocycles. The quantitative estimate of drug-likeness (QED) is 0.758. The number of aliphatic carboxylic acids is 1. The van der Waals surface area contributed by atoms with Crippen molar-refractivity contribution in [3.8, 4) is 0 Å². The Kier molecular flexibility index (Phi) is 7.38. The molecule has 0 spiro atoms. The highest BCUT2D eigenvalue weighted by atomic mass is 19.4. The van der Waals surface area contributed by atoms with Crippen LogP contribution in [0.2, 0.25) is 0 Å². The van der Waals surface area contributed by atoms with Gasteiger partial charge in [0.05, 0.1) is 0 Å². The molecule has 0 aromatic heterocycles. The average Bonchev–Trinajstić information content (AvgIpc) is 2.28. The van der Waals surface area contributed by atoms with Crippen molar-refractivity contribution in [3.05, 3.63) is 0 Å². The van der Waals surface area contributed by atoms with Gasteiger partial charge in [-0.1, -0.05) is 6.92 Å². The maximum atomic E-state index is 12.3. The fourth-order valence-electron chi connectivity index (χ4n) is 1.52. The number of alkyl halides is 3. The lowest BCUT2D eigenvalue weighted by molar-refractivity contribution is -0.143. The van der Waals surface area contributed by atoms with Crippen LogP contribution in [0.25, 0.3) is 0 Å². The normalized spacial score (nSPS) is 13.2. The number of carbonyl (C=O) groups excluding carboxylic acids is 1. The van der Waals surface area contributed by atoms with Crippen molar-refractivity contribution >= 4 is 12.0 Å². The van der Waals surface area contributed by atoms with Crippen LogP contribution >= 0.6 is 0 Å². The fraction of sp³-hybridized carbons (Fsp3) is 0.833. The number of hydrogen-bond acceptors (Lipinski definition) is 2. The summed E-state index contributed by atoms with van der Waals surface area (Å²) in [6.07, 6.45) is -4.12. The summed E-state index contributed by atoms with van der Waals surface area (Å²) in [6.45, 7) is 3.57. The Morgan fingerprint density at radius 3 is 2.20 bits per heavy atom. The van der Waals surface area contributed by atoms with Crippen molar-refractivity contribution in [2.24, 2.45) is 5.92 Å². The molecule has 0 aromatic carbocycles. The predicted octanol–water partition coefficient (Wildman–Crippen LogP) is 2.47. The summed E-state index contributed by atoms with van der Waals surface area (Å²) in [6, 6.07) is -1.37. The van der Waals surface area contributed by atoms with Gasteiger partial charge in [-0.25, -0.2) is 4.79 Å². The van der Waals surface area contributed by atoms with Crippen molar-refractivity contribution < 1.29 is 27.9 Å². The first-order valence-corrected chi connectivity index (χ1v) is 6.36. The Morgan fingerprint density at radius 2 is 1.80 bits per heavy atom. The maximum Gasteiger partial charge on any atom is 0.406 e. The molecule has 0 aromatic rings. The number of halogens is 3. The molecular formula is C12H21F3N2O3. The van der Waals surface area contributed by atoms with E-state index >= 15 is 0 Å². The largest absolute Gasteiger partial charge is 0.481 e. The summed E-state index contributed by atoms with van der Waals surface area (Å²) in [7, 11) is 0. The first-order valence-electron chi connectivity index (χ1n) is 6.36. The molecule has 1 unspecified atom stereocenters. The maximum absolute atomic E-state index is 12.3. The van der Waals surface area contributed by atoms with Crippen LogP contribution in [0.15, 0.2) is 0 Å². The predicted molar refractivity (Wildman–Crippen MR) is 67.3 cm³/mol. The second-order valence-electron chi connectivity index (χ2n) is 5.06. The van der Waals surface area contributed by atoms with Gasteiger partial charge in [-0.15, -0.1) is 0 Å². The number of carboxylic acid groups (broad SMARTS) is 1. The van der Waals surface area contributed by atoms with E-state index in [1.165, 1.54) is 13.8 Å². The van der Waals surface area contributed by atoms with E-state index < -0.39 is 30.8 Å². The lowest BCUT2D eigenvalue weighted by Crippen LogP contribution is -2.49. The molecule has 0 aliphatic heterocycles. The molecule has 2 N–H and O–H groups in total. The van der Waals surface area contributed by atoms with E-state index in [1.54, 1.807) is 6.92 Å². The Bertz CT molecular complexity index is 332. The molecule has 2 amide bonds. The van der Waals surface area contributed by atoms with Crippen LogP contribution in [0.4, 0.5) is 18.0 Å². The Morgan fingerprint density at radius 1 is 1.25 bits per heavy atom. The molecule has 0 radical (unpaired) electrons. The minimum atomic E-state index is -4.45. The third-order valence-corrected chi connectivity index (χ3v) is 2.69. The molecule has 0 aliphatic rings. The minimum absolute atomic E-state index is 0.0342. The van der Waals surface area contributed by atoms with E-state index in [0.717, 1.165) is 0 Å². The fourth-order valence-corrected chi connectivity index (χ4v) is 1.52. The third kappa shape index (κ3) is 8.60. The second-order valence-corrected chi connectivity index (χ2v) is 5.06. The van der Waals surface area contributed by atoms with Crippen LogP contribution in [-0.2, 0) is 4.79 Å². The summed E-state index contributed by atoms with van der Waals surface area (Å²) in [5.41, 5.74) is 0. The van der Waals surface area contributed by atoms with Gasteiger partial charge < -0.3 is 15.3 Å². The van der Waals surface area contributed by atoms with Gasteiger partial charge >= 0.3 is 18.2 Å². The van der Waals surface area contributed by atoms with E-state index in [4.69, 9.17) is 5.11 Å². The second kappa shape index (κ2) is 7.96. The van der Waals surface area contributed by atoms with Crippen LogP contribution in [0.3, 0.4) is 0 Å². The van der Waals surface area contributed by atoms with Crippen molar-refractivity contribution in [3.63, 3.8) is 0 Å². The average molecular weight is 298 g/mol. The zero-order valence-electron chi connectivity index (χ0n) is 11.8. The highest BCUT2D eigenvalue weighted by Gasteiger charge is 2.34. The highest BCUT2D eigenvalue weighted by molar-refractivity contribution is 5.74. The smallest absolute Gasteiger partial charge is 0.406 e.